The predicted molar refractivity (Wildman–Crippen MR) is 89.1 cm³/mol. The summed E-state index contributed by atoms with van der Waals surface area (Å²) in [6, 6.07) is 4.82. The van der Waals surface area contributed by atoms with Crippen LogP contribution in [-0.2, 0) is 4.74 Å². The number of aromatic hydroxyl groups is 1. The fourth-order valence-electron chi connectivity index (χ4n) is 2.43. The van der Waals surface area contributed by atoms with Gasteiger partial charge >= 0.3 is 6.09 Å². The number of ether oxygens (including phenoxy) is 2. The zero-order valence-corrected chi connectivity index (χ0v) is 14.2. The van der Waals surface area contributed by atoms with Gasteiger partial charge in [0.25, 0.3) is 0 Å². The van der Waals surface area contributed by atoms with E-state index >= 15 is 0 Å². The van der Waals surface area contributed by atoms with E-state index in [-0.39, 0.29) is 17.0 Å². The first-order valence-electron chi connectivity index (χ1n) is 7.90. The van der Waals surface area contributed by atoms with Gasteiger partial charge in [-0.25, -0.2) is 4.79 Å². The second-order valence-corrected chi connectivity index (χ2v) is 7.11. The van der Waals surface area contributed by atoms with Crippen molar-refractivity contribution >= 4 is 11.8 Å². The normalized spacial score (nSPS) is 17.4. The van der Waals surface area contributed by atoms with Gasteiger partial charge in [-0.05, 0) is 65.8 Å². The largest absolute Gasteiger partial charge is 0.506 e. The van der Waals surface area contributed by atoms with Crippen molar-refractivity contribution < 1.29 is 19.4 Å². The van der Waals surface area contributed by atoms with Crippen LogP contribution in [0.4, 0.5) is 10.5 Å². The smallest absolute Gasteiger partial charge is 0.412 e. The van der Waals surface area contributed by atoms with Crippen LogP contribution in [0.3, 0.4) is 0 Å². The van der Waals surface area contributed by atoms with Gasteiger partial charge in [-0.2, -0.15) is 0 Å². The number of nitrogens with one attached hydrogen (secondary N) is 2. The summed E-state index contributed by atoms with van der Waals surface area (Å²) in [7, 11) is 0. The average molecular weight is 322 g/mol. The maximum absolute atomic E-state index is 11.9. The van der Waals surface area contributed by atoms with E-state index in [1.807, 2.05) is 0 Å². The lowest BCUT2D eigenvalue weighted by Crippen LogP contribution is -2.43. The number of carbonyl (C=O) groups is 1. The summed E-state index contributed by atoms with van der Waals surface area (Å²) in [4.78, 5) is 11.9. The Morgan fingerprint density at radius 1 is 1.30 bits per heavy atom. The number of phenolic OH excluding ortho intramolecular Hbond substituents is 1. The summed E-state index contributed by atoms with van der Waals surface area (Å²) in [5.74, 6) is 0.580. The Hall–Kier alpha value is -1.95. The quantitative estimate of drug-likeness (QED) is 0.744. The standard InChI is InChI=1S/C17H26N2O4/c1-16(2,3)23-15(21)19-13-11-12(5-6-14(13)20)22-17(4)7-9-18-10-8-17/h5-6,11,18,20H,7-10H2,1-4H3,(H,19,21). The van der Waals surface area contributed by atoms with Crippen molar-refractivity contribution in [3.8, 4) is 11.5 Å². The van der Waals surface area contributed by atoms with Crippen molar-refractivity contribution in [1.82, 2.24) is 5.32 Å². The molecule has 0 bridgehead atoms. The first kappa shape index (κ1) is 17.4. The molecule has 0 aromatic heterocycles. The number of piperidine rings is 1. The molecule has 3 N–H and O–H groups in total. The van der Waals surface area contributed by atoms with Gasteiger partial charge in [0.1, 0.15) is 22.7 Å². The van der Waals surface area contributed by atoms with Crippen molar-refractivity contribution in [2.45, 2.75) is 51.7 Å². The summed E-state index contributed by atoms with van der Waals surface area (Å²) >= 11 is 0. The number of hydrogen-bond acceptors (Lipinski definition) is 5. The molecule has 0 saturated carbocycles. The maximum atomic E-state index is 11.9. The summed E-state index contributed by atoms with van der Waals surface area (Å²) in [6.45, 7) is 9.24. The van der Waals surface area contributed by atoms with Gasteiger partial charge in [0.2, 0.25) is 0 Å². The summed E-state index contributed by atoms with van der Waals surface area (Å²) in [6.07, 6.45) is 1.20. The highest BCUT2D eigenvalue weighted by Gasteiger charge is 2.29. The number of benzene rings is 1. The second-order valence-electron chi connectivity index (χ2n) is 7.11. The number of anilines is 1. The minimum absolute atomic E-state index is 0.0290. The van der Waals surface area contributed by atoms with Crippen LogP contribution in [0.1, 0.15) is 40.5 Å². The van der Waals surface area contributed by atoms with E-state index in [9.17, 15) is 9.90 Å². The molecule has 1 heterocycles. The van der Waals surface area contributed by atoms with Gasteiger partial charge in [-0.1, -0.05) is 0 Å². The fourth-order valence-corrected chi connectivity index (χ4v) is 2.43. The Balaban J connectivity index is 2.08. The van der Waals surface area contributed by atoms with Crippen LogP contribution in [0.5, 0.6) is 11.5 Å². The highest BCUT2D eigenvalue weighted by atomic mass is 16.6. The second kappa shape index (κ2) is 6.66. The molecule has 1 aliphatic rings. The minimum Gasteiger partial charge on any atom is -0.506 e. The van der Waals surface area contributed by atoms with Gasteiger partial charge in [-0.15, -0.1) is 0 Å². The summed E-state index contributed by atoms with van der Waals surface area (Å²) < 4.78 is 11.3. The predicted octanol–water partition coefficient (Wildman–Crippen LogP) is 3.26. The van der Waals surface area contributed by atoms with Crippen LogP contribution < -0.4 is 15.4 Å². The summed E-state index contributed by atoms with van der Waals surface area (Å²) in [5, 5.41) is 15.8. The lowest BCUT2D eigenvalue weighted by atomic mass is 9.94. The molecule has 6 nitrogen and oxygen atoms in total. The SMILES string of the molecule is CC(C)(C)OC(=O)Nc1cc(OC2(C)CCNCC2)ccc1O. The molecule has 0 unspecified atom stereocenters. The molecular weight excluding hydrogens is 296 g/mol. The highest BCUT2D eigenvalue weighted by molar-refractivity contribution is 5.87. The Morgan fingerprint density at radius 3 is 2.57 bits per heavy atom. The number of rotatable bonds is 3. The van der Waals surface area contributed by atoms with E-state index in [4.69, 9.17) is 9.47 Å². The lowest BCUT2D eigenvalue weighted by Gasteiger charge is -2.34. The Morgan fingerprint density at radius 2 is 1.96 bits per heavy atom. The molecule has 1 fully saturated rings. The number of hydrogen-bond donors (Lipinski definition) is 3. The third-order valence-corrected chi connectivity index (χ3v) is 3.63. The third kappa shape index (κ3) is 5.32. The van der Waals surface area contributed by atoms with Crippen molar-refractivity contribution in [2.24, 2.45) is 0 Å². The Labute approximate surface area is 137 Å². The van der Waals surface area contributed by atoms with Crippen LogP contribution in [0, 0.1) is 0 Å². The topological polar surface area (TPSA) is 79.8 Å². The highest BCUT2D eigenvalue weighted by Crippen LogP contribution is 2.32. The van der Waals surface area contributed by atoms with Gasteiger partial charge in [-0.3, -0.25) is 5.32 Å². The van der Waals surface area contributed by atoms with E-state index in [1.54, 1.807) is 32.9 Å². The van der Waals surface area contributed by atoms with Gasteiger partial charge in [0.05, 0.1) is 5.69 Å². The number of amides is 1. The van der Waals surface area contributed by atoms with Crippen molar-refractivity contribution in [3.05, 3.63) is 18.2 Å². The van der Waals surface area contributed by atoms with Gasteiger partial charge in [0, 0.05) is 6.07 Å². The molecule has 6 heteroatoms. The molecule has 2 rings (SSSR count). The van der Waals surface area contributed by atoms with Gasteiger partial charge in [0.15, 0.2) is 0 Å². The molecule has 0 atom stereocenters. The molecule has 0 spiro atoms. The van der Waals surface area contributed by atoms with E-state index in [0.29, 0.717) is 5.75 Å². The Kier molecular flexibility index (Phi) is 5.04. The molecule has 23 heavy (non-hydrogen) atoms. The lowest BCUT2D eigenvalue weighted by molar-refractivity contribution is 0.0556. The van der Waals surface area contributed by atoms with E-state index < -0.39 is 11.7 Å². The van der Waals surface area contributed by atoms with E-state index in [1.165, 1.54) is 6.07 Å². The minimum atomic E-state index is -0.613. The molecule has 0 aliphatic carbocycles. The molecule has 1 aromatic carbocycles. The van der Waals surface area contributed by atoms with Crippen LogP contribution in [0.25, 0.3) is 0 Å². The fraction of sp³-hybridized carbons (Fsp3) is 0.588. The summed E-state index contributed by atoms with van der Waals surface area (Å²) in [5.41, 5.74) is -0.573. The average Bonchev–Trinajstić information content (AvgIpc) is 2.41. The monoisotopic (exact) mass is 322 g/mol. The Bertz CT molecular complexity index is 560. The molecule has 0 radical (unpaired) electrons. The first-order chi connectivity index (χ1) is 10.7. The van der Waals surface area contributed by atoms with Crippen LogP contribution in [0.15, 0.2) is 18.2 Å². The zero-order valence-electron chi connectivity index (χ0n) is 14.2. The van der Waals surface area contributed by atoms with E-state index in [0.717, 1.165) is 25.9 Å². The zero-order chi connectivity index (χ0) is 17.1. The van der Waals surface area contributed by atoms with Crippen molar-refractivity contribution in [2.75, 3.05) is 18.4 Å². The molecule has 1 saturated heterocycles. The van der Waals surface area contributed by atoms with Crippen LogP contribution >= 0.6 is 0 Å². The van der Waals surface area contributed by atoms with Crippen molar-refractivity contribution in [1.29, 1.82) is 0 Å². The maximum Gasteiger partial charge on any atom is 0.412 e. The molecule has 1 amide bonds. The molecule has 1 aromatic rings. The van der Waals surface area contributed by atoms with Crippen LogP contribution in [-0.4, -0.2) is 35.5 Å². The molecular formula is C17H26N2O4. The van der Waals surface area contributed by atoms with Crippen molar-refractivity contribution in [3.63, 3.8) is 0 Å². The molecule has 1 aliphatic heterocycles. The van der Waals surface area contributed by atoms with Crippen LogP contribution in [0.2, 0.25) is 0 Å². The number of phenols is 1. The van der Waals surface area contributed by atoms with Gasteiger partial charge < -0.3 is 19.9 Å². The third-order valence-electron chi connectivity index (χ3n) is 3.63. The number of carbonyl (C=O) groups excluding carboxylic acids is 1. The molecule has 128 valence electrons. The van der Waals surface area contributed by atoms with E-state index in [2.05, 4.69) is 17.6 Å². The first-order valence-corrected chi connectivity index (χ1v) is 7.90.